The first-order valence-corrected chi connectivity index (χ1v) is 8.03. The molecule has 1 aromatic carbocycles. The minimum absolute atomic E-state index is 0.0180. The number of carbonyl (C=O) groups excluding carboxylic acids is 2. The summed E-state index contributed by atoms with van der Waals surface area (Å²) >= 11 is 0. The zero-order chi connectivity index (χ0) is 16.2. The van der Waals surface area contributed by atoms with Gasteiger partial charge in [0.1, 0.15) is 0 Å². The zero-order valence-corrected chi connectivity index (χ0v) is 13.3. The van der Waals surface area contributed by atoms with Gasteiger partial charge in [-0.2, -0.15) is 0 Å². The summed E-state index contributed by atoms with van der Waals surface area (Å²) < 4.78 is 10.3. The molecule has 0 unspecified atom stereocenters. The standard InChI is InChI=1S/C17H22N2O4/c1-12-10-15(12)17(21)23-11-16(20)18-13-2-4-14(5-3-13)19-6-8-22-9-7-19/h2-5,12,15H,6-11H2,1H3,(H,18,20)/t12-,15+/m1/s1. The average molecular weight is 318 g/mol. The Morgan fingerprint density at radius 2 is 1.91 bits per heavy atom. The van der Waals surface area contributed by atoms with Crippen molar-refractivity contribution in [3.63, 3.8) is 0 Å². The van der Waals surface area contributed by atoms with Crippen molar-refractivity contribution >= 4 is 23.3 Å². The summed E-state index contributed by atoms with van der Waals surface area (Å²) in [6, 6.07) is 7.65. The van der Waals surface area contributed by atoms with Crippen LogP contribution in [0.2, 0.25) is 0 Å². The number of carbonyl (C=O) groups is 2. The first kappa shape index (κ1) is 15.8. The van der Waals surface area contributed by atoms with Crippen LogP contribution in [0.25, 0.3) is 0 Å². The molecule has 0 aromatic heterocycles. The number of amides is 1. The molecule has 1 N–H and O–H groups in total. The molecule has 0 spiro atoms. The molecule has 1 aliphatic carbocycles. The highest BCUT2D eigenvalue weighted by molar-refractivity contribution is 5.93. The molecule has 2 atom stereocenters. The smallest absolute Gasteiger partial charge is 0.309 e. The molecule has 1 saturated heterocycles. The van der Waals surface area contributed by atoms with E-state index in [1.54, 1.807) is 0 Å². The molecule has 0 bridgehead atoms. The number of hydrogen-bond donors (Lipinski definition) is 1. The highest BCUT2D eigenvalue weighted by Crippen LogP contribution is 2.38. The average Bonchev–Trinajstić information content (AvgIpc) is 3.31. The van der Waals surface area contributed by atoms with Crippen LogP contribution in [0.5, 0.6) is 0 Å². The molecule has 6 nitrogen and oxygen atoms in total. The summed E-state index contributed by atoms with van der Waals surface area (Å²) in [5.41, 5.74) is 1.81. The number of esters is 1. The Hall–Kier alpha value is -2.08. The lowest BCUT2D eigenvalue weighted by molar-refractivity contribution is -0.148. The van der Waals surface area contributed by atoms with E-state index in [1.807, 2.05) is 31.2 Å². The molecule has 1 heterocycles. The monoisotopic (exact) mass is 318 g/mol. The first-order chi connectivity index (χ1) is 11.1. The van der Waals surface area contributed by atoms with Crippen molar-refractivity contribution in [3.8, 4) is 0 Å². The number of nitrogens with zero attached hydrogens (tertiary/aromatic N) is 1. The number of ether oxygens (including phenoxy) is 2. The van der Waals surface area contributed by atoms with E-state index < -0.39 is 0 Å². The topological polar surface area (TPSA) is 67.9 Å². The molecule has 3 rings (SSSR count). The Morgan fingerprint density at radius 1 is 1.26 bits per heavy atom. The lowest BCUT2D eigenvalue weighted by atomic mass is 10.2. The van der Waals surface area contributed by atoms with E-state index in [-0.39, 0.29) is 24.4 Å². The number of anilines is 2. The molecule has 1 amide bonds. The molecule has 1 aliphatic heterocycles. The van der Waals surface area contributed by atoms with Crippen LogP contribution < -0.4 is 10.2 Å². The maximum Gasteiger partial charge on any atom is 0.309 e. The second kappa shape index (κ2) is 7.00. The summed E-state index contributed by atoms with van der Waals surface area (Å²) in [5, 5.41) is 2.74. The van der Waals surface area contributed by atoms with Gasteiger partial charge in [0, 0.05) is 24.5 Å². The zero-order valence-electron chi connectivity index (χ0n) is 13.3. The summed E-state index contributed by atoms with van der Waals surface area (Å²) in [6.07, 6.45) is 0.865. The van der Waals surface area contributed by atoms with Crippen molar-refractivity contribution in [2.75, 3.05) is 43.1 Å². The fourth-order valence-corrected chi connectivity index (χ4v) is 2.67. The Kier molecular flexibility index (Phi) is 4.81. The molecule has 0 radical (unpaired) electrons. The van der Waals surface area contributed by atoms with E-state index in [0.29, 0.717) is 11.6 Å². The number of rotatable bonds is 5. The van der Waals surface area contributed by atoms with Gasteiger partial charge in [0.25, 0.3) is 5.91 Å². The van der Waals surface area contributed by atoms with E-state index in [2.05, 4.69) is 10.2 Å². The first-order valence-electron chi connectivity index (χ1n) is 8.03. The van der Waals surface area contributed by atoms with Crippen molar-refractivity contribution in [3.05, 3.63) is 24.3 Å². The quantitative estimate of drug-likeness (QED) is 0.836. The Morgan fingerprint density at radius 3 is 2.52 bits per heavy atom. The van der Waals surface area contributed by atoms with Gasteiger partial charge in [-0.05, 0) is 36.6 Å². The number of nitrogens with one attached hydrogen (secondary N) is 1. The third-order valence-corrected chi connectivity index (χ3v) is 4.29. The Labute approximate surface area is 135 Å². The molecule has 2 aliphatic rings. The number of benzene rings is 1. The largest absolute Gasteiger partial charge is 0.455 e. The molecule has 1 aromatic rings. The molecule has 1 saturated carbocycles. The fraction of sp³-hybridized carbons (Fsp3) is 0.529. The molecule has 124 valence electrons. The number of morpholine rings is 1. The van der Waals surface area contributed by atoms with Crippen LogP contribution in [0, 0.1) is 11.8 Å². The third-order valence-electron chi connectivity index (χ3n) is 4.29. The highest BCUT2D eigenvalue weighted by Gasteiger charge is 2.40. The normalized spacial score (nSPS) is 23.3. The van der Waals surface area contributed by atoms with Gasteiger partial charge in [0.2, 0.25) is 0 Å². The van der Waals surface area contributed by atoms with Gasteiger partial charge < -0.3 is 19.7 Å². The van der Waals surface area contributed by atoms with Gasteiger partial charge in [-0.25, -0.2) is 0 Å². The van der Waals surface area contributed by atoms with Crippen molar-refractivity contribution in [2.45, 2.75) is 13.3 Å². The summed E-state index contributed by atoms with van der Waals surface area (Å²) in [6.45, 7) is 5.00. The Bertz CT molecular complexity index is 566. The molecule has 6 heteroatoms. The van der Waals surface area contributed by atoms with E-state index in [1.165, 1.54) is 0 Å². The van der Waals surface area contributed by atoms with Crippen LogP contribution in [0.15, 0.2) is 24.3 Å². The maximum absolute atomic E-state index is 11.8. The Balaban J connectivity index is 1.45. The second-order valence-electron chi connectivity index (χ2n) is 6.12. The van der Waals surface area contributed by atoms with Crippen molar-refractivity contribution in [2.24, 2.45) is 11.8 Å². The lowest BCUT2D eigenvalue weighted by Crippen LogP contribution is -2.36. The number of hydrogen-bond acceptors (Lipinski definition) is 5. The van der Waals surface area contributed by atoms with Crippen LogP contribution >= 0.6 is 0 Å². The van der Waals surface area contributed by atoms with Crippen molar-refractivity contribution in [1.29, 1.82) is 0 Å². The SMILES string of the molecule is C[C@@H]1C[C@@H]1C(=O)OCC(=O)Nc1ccc(N2CCOCC2)cc1. The van der Waals surface area contributed by atoms with E-state index in [9.17, 15) is 9.59 Å². The minimum Gasteiger partial charge on any atom is -0.455 e. The lowest BCUT2D eigenvalue weighted by Gasteiger charge is -2.28. The van der Waals surface area contributed by atoms with Gasteiger partial charge in [-0.15, -0.1) is 0 Å². The van der Waals surface area contributed by atoms with Crippen molar-refractivity contribution < 1.29 is 19.1 Å². The van der Waals surface area contributed by atoms with Crippen molar-refractivity contribution in [1.82, 2.24) is 0 Å². The predicted octanol–water partition coefficient (Wildman–Crippen LogP) is 1.66. The van der Waals surface area contributed by atoms with Crippen LogP contribution in [0.4, 0.5) is 11.4 Å². The fourth-order valence-electron chi connectivity index (χ4n) is 2.67. The summed E-state index contributed by atoms with van der Waals surface area (Å²) in [5.74, 6) is -0.213. The van der Waals surface area contributed by atoms with Crippen LogP contribution in [-0.4, -0.2) is 44.8 Å². The van der Waals surface area contributed by atoms with Gasteiger partial charge >= 0.3 is 5.97 Å². The molecule has 23 heavy (non-hydrogen) atoms. The minimum atomic E-state index is -0.314. The predicted molar refractivity (Wildman–Crippen MR) is 86.3 cm³/mol. The van der Waals surface area contributed by atoms with Gasteiger partial charge in [-0.3, -0.25) is 9.59 Å². The molecular formula is C17H22N2O4. The van der Waals surface area contributed by atoms with E-state index in [4.69, 9.17) is 9.47 Å². The van der Waals surface area contributed by atoms with Crippen LogP contribution in [0.3, 0.4) is 0 Å². The maximum atomic E-state index is 11.8. The summed E-state index contributed by atoms with van der Waals surface area (Å²) in [4.78, 5) is 25.6. The highest BCUT2D eigenvalue weighted by atomic mass is 16.5. The van der Waals surface area contributed by atoms with Gasteiger partial charge in [0.05, 0.1) is 19.1 Å². The third kappa shape index (κ3) is 4.22. The van der Waals surface area contributed by atoms with Gasteiger partial charge in [0.15, 0.2) is 6.61 Å². The van der Waals surface area contributed by atoms with Gasteiger partial charge in [-0.1, -0.05) is 6.92 Å². The molecule has 2 fully saturated rings. The second-order valence-corrected chi connectivity index (χ2v) is 6.12. The van der Waals surface area contributed by atoms with E-state index >= 15 is 0 Å². The van der Waals surface area contributed by atoms with Crippen LogP contribution in [0.1, 0.15) is 13.3 Å². The van der Waals surface area contributed by atoms with Crippen LogP contribution in [-0.2, 0) is 19.1 Å². The molecular weight excluding hydrogens is 296 g/mol. The van der Waals surface area contributed by atoms with E-state index in [0.717, 1.165) is 38.4 Å². The summed E-state index contributed by atoms with van der Waals surface area (Å²) in [7, 11) is 0.